The lowest BCUT2D eigenvalue weighted by Crippen LogP contribution is -2.63. The van der Waals surface area contributed by atoms with Gasteiger partial charge in [0.25, 0.3) is 0 Å². The average molecular weight is 521 g/mol. The van der Waals surface area contributed by atoms with Crippen LogP contribution in [-0.4, -0.2) is 72.9 Å². The number of cyclic esters (lactones) is 1. The van der Waals surface area contributed by atoms with Crippen LogP contribution in [0.25, 0.3) is 0 Å². The van der Waals surface area contributed by atoms with Crippen molar-refractivity contribution in [1.82, 2.24) is 0 Å². The molecule has 0 unspecified atom stereocenters. The van der Waals surface area contributed by atoms with Crippen molar-refractivity contribution in [3.63, 3.8) is 0 Å². The van der Waals surface area contributed by atoms with Crippen molar-refractivity contribution in [3.8, 4) is 0 Å². The third kappa shape index (κ3) is 3.65. The molecule has 0 radical (unpaired) electrons. The first-order valence-electron chi connectivity index (χ1n) is 14.0. The summed E-state index contributed by atoms with van der Waals surface area (Å²) in [7, 11) is 0. The van der Waals surface area contributed by atoms with Crippen molar-refractivity contribution >= 4 is 11.8 Å². The summed E-state index contributed by atoms with van der Waals surface area (Å²) in [6, 6.07) is 0. The van der Waals surface area contributed by atoms with E-state index >= 15 is 0 Å². The number of carbonyl (C=O) groups excluding carboxylic acids is 2. The largest absolute Gasteiger partial charge is 0.462 e. The second-order valence-electron chi connectivity index (χ2n) is 13.7. The van der Waals surface area contributed by atoms with Gasteiger partial charge in [-0.3, -0.25) is 9.59 Å². The molecule has 0 aromatic carbocycles. The lowest BCUT2D eigenvalue weighted by molar-refractivity contribution is -0.178. The normalized spacial score (nSPS) is 51.9. The summed E-state index contributed by atoms with van der Waals surface area (Å²) in [4.78, 5) is 25.4. The molecule has 4 aliphatic carbocycles. The van der Waals surface area contributed by atoms with Crippen LogP contribution in [0.15, 0.2) is 11.6 Å². The van der Waals surface area contributed by atoms with Gasteiger partial charge in [0, 0.05) is 17.3 Å². The van der Waals surface area contributed by atoms with E-state index < -0.39 is 52.2 Å². The van der Waals surface area contributed by atoms with E-state index in [1.165, 1.54) is 0 Å². The molecule has 37 heavy (non-hydrogen) atoms. The van der Waals surface area contributed by atoms with Gasteiger partial charge < -0.3 is 30.3 Å². The Morgan fingerprint density at radius 2 is 1.78 bits per heavy atom. The number of allylic oxidation sites excluding steroid dienone is 1. The van der Waals surface area contributed by atoms with Crippen molar-refractivity contribution in [2.45, 2.75) is 115 Å². The average Bonchev–Trinajstić information content (AvgIpc) is 3.23. The van der Waals surface area contributed by atoms with Gasteiger partial charge in [0.2, 0.25) is 0 Å². The highest BCUT2D eigenvalue weighted by molar-refractivity contribution is 5.95. The lowest BCUT2D eigenvalue weighted by Gasteiger charge is -2.60. The summed E-state index contributed by atoms with van der Waals surface area (Å²) in [5.41, 5.74) is -3.47. The summed E-state index contributed by atoms with van der Waals surface area (Å²) in [6.45, 7) is 9.21. The van der Waals surface area contributed by atoms with Gasteiger partial charge in [-0.2, -0.15) is 0 Å². The molecule has 13 atom stereocenters. The van der Waals surface area contributed by atoms with E-state index in [2.05, 4.69) is 0 Å². The predicted molar refractivity (Wildman–Crippen MR) is 134 cm³/mol. The van der Waals surface area contributed by atoms with Crippen LogP contribution in [0.1, 0.15) is 79.6 Å². The molecule has 5 N–H and O–H groups in total. The Bertz CT molecular complexity index is 1010. The first-order chi connectivity index (χ1) is 17.1. The topological polar surface area (TPSA) is 145 Å². The third-order valence-electron chi connectivity index (χ3n) is 11.9. The van der Waals surface area contributed by atoms with Crippen molar-refractivity contribution in [1.29, 1.82) is 0 Å². The molecule has 208 valence electrons. The minimum atomic E-state index is -1.52. The zero-order valence-corrected chi connectivity index (χ0v) is 22.7. The molecule has 0 bridgehead atoms. The molecule has 0 amide bonds. The zero-order valence-electron chi connectivity index (χ0n) is 22.7. The third-order valence-corrected chi connectivity index (χ3v) is 11.9. The Morgan fingerprint density at radius 3 is 2.41 bits per heavy atom. The number of fused-ring (bicyclic) bond motifs is 5. The fourth-order valence-corrected chi connectivity index (χ4v) is 9.39. The fraction of sp³-hybridized carbons (Fsp3) is 0.862. The molecule has 8 nitrogen and oxygen atoms in total. The highest BCUT2D eigenvalue weighted by atomic mass is 16.6. The number of aliphatic hydroxyl groups is 5. The number of ether oxygens (including phenoxy) is 1. The van der Waals surface area contributed by atoms with Crippen molar-refractivity contribution in [2.75, 3.05) is 0 Å². The van der Waals surface area contributed by atoms with Gasteiger partial charge in [-0.05, 0) is 87.7 Å². The van der Waals surface area contributed by atoms with Crippen LogP contribution in [-0.2, 0) is 14.3 Å². The molecule has 1 aliphatic heterocycles. The fourth-order valence-electron chi connectivity index (χ4n) is 9.39. The Balaban J connectivity index is 1.44. The maximum Gasteiger partial charge on any atom is 0.309 e. The van der Waals surface area contributed by atoms with Crippen LogP contribution >= 0.6 is 0 Å². The van der Waals surface area contributed by atoms with Gasteiger partial charge in [-0.25, -0.2) is 0 Å². The Kier molecular flexibility index (Phi) is 6.33. The monoisotopic (exact) mass is 520 g/mol. The molecule has 0 aromatic heterocycles. The predicted octanol–water partition coefficient (Wildman–Crippen LogP) is 1.89. The number of aliphatic hydroxyl groups excluding tert-OH is 3. The van der Waals surface area contributed by atoms with Crippen LogP contribution in [0.5, 0.6) is 0 Å². The molecule has 8 heteroatoms. The minimum absolute atomic E-state index is 0.104. The van der Waals surface area contributed by atoms with Gasteiger partial charge in [0.05, 0.1) is 35.4 Å². The quantitative estimate of drug-likeness (QED) is 0.354. The Labute approximate surface area is 219 Å². The van der Waals surface area contributed by atoms with E-state index in [4.69, 9.17) is 4.74 Å². The number of esters is 1. The van der Waals surface area contributed by atoms with Crippen molar-refractivity contribution in [3.05, 3.63) is 11.6 Å². The number of hydrogen-bond donors (Lipinski definition) is 5. The summed E-state index contributed by atoms with van der Waals surface area (Å²) >= 11 is 0. The Morgan fingerprint density at radius 1 is 1.11 bits per heavy atom. The molecule has 1 heterocycles. The van der Waals surface area contributed by atoms with Crippen LogP contribution in [0.4, 0.5) is 0 Å². The number of rotatable bonds is 4. The second-order valence-corrected chi connectivity index (χ2v) is 13.7. The van der Waals surface area contributed by atoms with Crippen molar-refractivity contribution in [2.24, 2.45) is 40.4 Å². The van der Waals surface area contributed by atoms with E-state index in [0.29, 0.717) is 37.7 Å². The summed E-state index contributed by atoms with van der Waals surface area (Å²) in [5.74, 6) is -1.88. The van der Waals surface area contributed by atoms with Gasteiger partial charge in [-0.15, -0.1) is 0 Å². The van der Waals surface area contributed by atoms with Gasteiger partial charge in [0.1, 0.15) is 6.10 Å². The number of carbonyl (C=O) groups is 2. The van der Waals surface area contributed by atoms with Gasteiger partial charge in [-0.1, -0.05) is 20.8 Å². The molecule has 5 aliphatic rings. The maximum atomic E-state index is 13.3. The van der Waals surface area contributed by atoms with E-state index in [1.807, 2.05) is 20.8 Å². The summed E-state index contributed by atoms with van der Waals surface area (Å²) in [5, 5.41) is 56.2. The first kappa shape index (κ1) is 27.3. The number of hydrogen-bond acceptors (Lipinski definition) is 8. The second kappa shape index (κ2) is 8.59. The molecule has 5 rings (SSSR count). The zero-order chi connectivity index (χ0) is 27.3. The summed E-state index contributed by atoms with van der Waals surface area (Å²) < 4.78 is 5.34. The highest BCUT2D eigenvalue weighted by Gasteiger charge is 2.69. The SMILES string of the molecule is C[C@@H]1OC(=O)[C@H](C)[C@H]1C[C@@H](O)[C@](C)(O)[C@H]1CC[C@]2(O)C3=CC(=O)[C@@H]4C[C@@H](O)[C@@H](O)C[C@]4(C)[C@H]3CC[C@]12C. The van der Waals surface area contributed by atoms with E-state index in [0.717, 1.165) is 0 Å². The molecule has 0 aromatic rings. The van der Waals surface area contributed by atoms with Crippen LogP contribution in [0, 0.1) is 40.4 Å². The smallest absolute Gasteiger partial charge is 0.309 e. The first-order valence-corrected chi connectivity index (χ1v) is 14.0. The maximum absolute atomic E-state index is 13.3. The van der Waals surface area contributed by atoms with E-state index in [-0.39, 0.29) is 48.5 Å². The van der Waals surface area contributed by atoms with Gasteiger partial charge >= 0.3 is 5.97 Å². The Hall–Kier alpha value is -1.32. The summed E-state index contributed by atoms with van der Waals surface area (Å²) in [6.07, 6.45) is 1.21. The highest BCUT2D eigenvalue weighted by Crippen LogP contribution is 2.68. The molecular weight excluding hydrogens is 476 g/mol. The van der Waals surface area contributed by atoms with Crippen LogP contribution < -0.4 is 0 Å². The molecular formula is C29H44O8. The molecule has 1 saturated heterocycles. The van der Waals surface area contributed by atoms with Crippen molar-refractivity contribution < 1.29 is 39.9 Å². The molecule has 0 spiro atoms. The molecule has 4 fully saturated rings. The van der Waals surface area contributed by atoms with E-state index in [9.17, 15) is 35.1 Å². The number of ketones is 1. The van der Waals surface area contributed by atoms with Crippen LogP contribution in [0.3, 0.4) is 0 Å². The van der Waals surface area contributed by atoms with Gasteiger partial charge in [0.15, 0.2) is 5.78 Å². The minimum Gasteiger partial charge on any atom is -0.462 e. The van der Waals surface area contributed by atoms with E-state index in [1.54, 1.807) is 19.9 Å². The standard InChI is InChI=1S/C29H44O8/c1-14-16(15(2)37-25(14)34)10-24(33)28(5,35)23-7-9-29(36)18-11-20(30)19-12-21(31)22(32)13-26(19,3)17(18)6-8-27(23,29)4/h11,14-17,19,21-24,31-33,35-36H,6-10,12-13H2,1-5H3/t14-,15+,16-,17+,19+,21-,22+,23+,24-,26-,27-,28-,29+/m1/s1. The molecule has 3 saturated carbocycles. The van der Waals surface area contributed by atoms with Crippen LogP contribution in [0.2, 0.25) is 0 Å². The lowest BCUT2D eigenvalue weighted by atomic mass is 9.45.